The molecule has 4 heteroatoms. The van der Waals surface area contributed by atoms with Crippen LogP contribution in [0.2, 0.25) is 0 Å². The molecule has 0 radical (unpaired) electrons. The zero-order chi connectivity index (χ0) is 10.4. The van der Waals surface area contributed by atoms with Gasteiger partial charge in [-0.15, -0.1) is 0 Å². The highest BCUT2D eigenvalue weighted by atomic mass is 31.1. The highest BCUT2D eigenvalue weighted by Crippen LogP contribution is 2.39. The highest BCUT2D eigenvalue weighted by Gasteiger charge is 2.26. The second kappa shape index (κ2) is 6.60. The first kappa shape index (κ1) is 12.2. The largest absolute Gasteiger partial charge is 0.346 e. The summed E-state index contributed by atoms with van der Waals surface area (Å²) < 4.78 is 11.2. The van der Waals surface area contributed by atoms with Crippen molar-refractivity contribution < 1.29 is 9.46 Å². The van der Waals surface area contributed by atoms with E-state index in [2.05, 4.69) is 0 Å². The van der Waals surface area contributed by atoms with Gasteiger partial charge in [-0.1, -0.05) is 19.3 Å². The molecule has 1 rings (SSSR count). The van der Waals surface area contributed by atoms with Crippen LogP contribution in [0.3, 0.4) is 0 Å². The Bertz CT molecular complexity index is 181. The fourth-order valence-electron chi connectivity index (χ4n) is 2.44. The van der Waals surface area contributed by atoms with Gasteiger partial charge in [-0.25, -0.2) is 0 Å². The number of hydrogen-bond acceptors (Lipinski definition) is 2. The van der Waals surface area contributed by atoms with Crippen LogP contribution in [0.1, 0.15) is 44.9 Å². The summed E-state index contributed by atoms with van der Waals surface area (Å²) >= 11 is 0. The number of rotatable bonds is 5. The standard InChI is InChI=1S/C10H22NO2P/c11-8-4-7-10(14(12)13)9-5-2-1-3-6-9/h9-10,14H,1-8,11H2,(H,12,13). The van der Waals surface area contributed by atoms with Crippen molar-refractivity contribution in [2.45, 2.75) is 50.6 Å². The van der Waals surface area contributed by atoms with E-state index in [1.807, 2.05) is 0 Å². The Balaban J connectivity index is 2.43. The Labute approximate surface area is 86.9 Å². The van der Waals surface area contributed by atoms with Crippen LogP contribution in [0.25, 0.3) is 0 Å². The van der Waals surface area contributed by atoms with E-state index in [4.69, 9.17) is 5.73 Å². The Kier molecular flexibility index (Phi) is 5.76. The van der Waals surface area contributed by atoms with Crippen molar-refractivity contribution in [3.05, 3.63) is 0 Å². The normalized spacial score (nSPS) is 23.3. The molecule has 1 fully saturated rings. The Hall–Kier alpha value is 0.150. The van der Waals surface area contributed by atoms with Crippen LogP contribution >= 0.6 is 8.03 Å². The summed E-state index contributed by atoms with van der Waals surface area (Å²) in [6, 6.07) is 0. The van der Waals surface area contributed by atoms with Crippen molar-refractivity contribution in [3.8, 4) is 0 Å². The van der Waals surface area contributed by atoms with Gasteiger partial charge in [0.1, 0.15) is 0 Å². The van der Waals surface area contributed by atoms with Crippen molar-refractivity contribution in [3.63, 3.8) is 0 Å². The molecule has 0 aromatic rings. The minimum Gasteiger partial charge on any atom is -0.346 e. The van der Waals surface area contributed by atoms with Gasteiger partial charge in [-0.3, -0.25) is 4.57 Å². The first-order chi connectivity index (χ1) is 6.75. The summed E-state index contributed by atoms with van der Waals surface area (Å²) in [5, 5.41) is 0. The maximum absolute atomic E-state index is 11.2. The van der Waals surface area contributed by atoms with Gasteiger partial charge in [-0.05, 0) is 38.1 Å². The second-order valence-corrected chi connectivity index (χ2v) is 5.69. The molecule has 0 amide bonds. The van der Waals surface area contributed by atoms with E-state index in [1.54, 1.807) is 0 Å². The first-order valence-corrected chi connectivity index (χ1v) is 7.12. The lowest BCUT2D eigenvalue weighted by Gasteiger charge is -2.28. The lowest BCUT2D eigenvalue weighted by molar-refractivity contribution is 0.321. The SMILES string of the molecule is NCCCC(C1CCCCC1)[PH](=O)O. The number of nitrogens with two attached hydrogens (primary N) is 1. The molecule has 3 nitrogen and oxygen atoms in total. The molecule has 0 spiro atoms. The van der Waals surface area contributed by atoms with E-state index in [1.165, 1.54) is 19.3 Å². The minimum absolute atomic E-state index is 0.0452. The van der Waals surface area contributed by atoms with Crippen molar-refractivity contribution in [2.24, 2.45) is 11.7 Å². The van der Waals surface area contributed by atoms with Crippen molar-refractivity contribution in [2.75, 3.05) is 6.54 Å². The molecule has 2 unspecified atom stereocenters. The van der Waals surface area contributed by atoms with Crippen LogP contribution < -0.4 is 5.73 Å². The van der Waals surface area contributed by atoms with Gasteiger partial charge < -0.3 is 10.6 Å². The van der Waals surface area contributed by atoms with Gasteiger partial charge in [0.25, 0.3) is 0 Å². The molecule has 2 atom stereocenters. The summed E-state index contributed by atoms with van der Waals surface area (Å²) in [5.74, 6) is 0.492. The molecule has 0 saturated heterocycles. The van der Waals surface area contributed by atoms with Gasteiger partial charge in [0.2, 0.25) is 0 Å². The maximum atomic E-state index is 11.2. The second-order valence-electron chi connectivity index (χ2n) is 4.27. The monoisotopic (exact) mass is 219 g/mol. The molecular formula is C10H22NO2P. The average molecular weight is 219 g/mol. The topological polar surface area (TPSA) is 63.3 Å². The highest BCUT2D eigenvalue weighted by molar-refractivity contribution is 7.38. The lowest BCUT2D eigenvalue weighted by Crippen LogP contribution is -2.21. The van der Waals surface area contributed by atoms with Gasteiger partial charge in [0.15, 0.2) is 8.03 Å². The lowest BCUT2D eigenvalue weighted by atomic mass is 9.85. The van der Waals surface area contributed by atoms with Crippen LogP contribution in [0.4, 0.5) is 0 Å². The summed E-state index contributed by atoms with van der Waals surface area (Å²) in [6.45, 7) is 0.637. The van der Waals surface area contributed by atoms with E-state index in [0.29, 0.717) is 12.5 Å². The molecular weight excluding hydrogens is 197 g/mol. The third-order valence-electron chi connectivity index (χ3n) is 3.26. The van der Waals surface area contributed by atoms with Crippen LogP contribution in [0, 0.1) is 5.92 Å². The summed E-state index contributed by atoms with van der Waals surface area (Å²) in [4.78, 5) is 9.30. The third-order valence-corrected chi connectivity index (χ3v) is 4.65. The quantitative estimate of drug-likeness (QED) is 0.696. The first-order valence-electron chi connectivity index (χ1n) is 5.68. The Morgan fingerprint density at radius 1 is 1.36 bits per heavy atom. The smallest absolute Gasteiger partial charge is 0.192 e. The zero-order valence-electron chi connectivity index (χ0n) is 8.74. The van der Waals surface area contributed by atoms with Crippen LogP contribution in [0.15, 0.2) is 0 Å². The minimum atomic E-state index is -2.35. The van der Waals surface area contributed by atoms with Crippen LogP contribution in [-0.2, 0) is 4.57 Å². The van der Waals surface area contributed by atoms with E-state index in [9.17, 15) is 9.46 Å². The van der Waals surface area contributed by atoms with E-state index in [0.717, 1.165) is 25.7 Å². The molecule has 84 valence electrons. The van der Waals surface area contributed by atoms with Gasteiger partial charge in [0.05, 0.1) is 0 Å². The predicted molar refractivity (Wildman–Crippen MR) is 59.9 cm³/mol. The van der Waals surface area contributed by atoms with Crippen molar-refractivity contribution in [1.82, 2.24) is 0 Å². The third kappa shape index (κ3) is 3.72. The summed E-state index contributed by atoms with van der Waals surface area (Å²) in [5.41, 5.74) is 5.48. The van der Waals surface area contributed by atoms with Crippen LogP contribution in [0.5, 0.6) is 0 Å². The fourth-order valence-corrected chi connectivity index (χ4v) is 3.62. The predicted octanol–water partition coefficient (Wildman–Crippen LogP) is 2.14. The Morgan fingerprint density at radius 2 is 2.00 bits per heavy atom. The van der Waals surface area contributed by atoms with Gasteiger partial charge in [0, 0.05) is 5.66 Å². The molecule has 0 bridgehead atoms. The zero-order valence-corrected chi connectivity index (χ0v) is 9.74. The molecule has 0 aromatic carbocycles. The summed E-state index contributed by atoms with van der Waals surface area (Å²) in [6.07, 6.45) is 7.79. The molecule has 1 aliphatic rings. The molecule has 1 aliphatic carbocycles. The Morgan fingerprint density at radius 3 is 2.50 bits per heavy atom. The van der Waals surface area contributed by atoms with Crippen molar-refractivity contribution >= 4 is 8.03 Å². The fraction of sp³-hybridized carbons (Fsp3) is 1.00. The molecule has 1 saturated carbocycles. The van der Waals surface area contributed by atoms with Gasteiger partial charge in [-0.2, -0.15) is 0 Å². The maximum Gasteiger partial charge on any atom is 0.192 e. The average Bonchev–Trinajstić information content (AvgIpc) is 2.19. The molecule has 0 aliphatic heterocycles. The number of hydrogen-bond donors (Lipinski definition) is 2. The molecule has 0 aromatic heterocycles. The van der Waals surface area contributed by atoms with E-state index in [-0.39, 0.29) is 5.66 Å². The van der Waals surface area contributed by atoms with Crippen LogP contribution in [-0.4, -0.2) is 17.1 Å². The summed E-state index contributed by atoms with van der Waals surface area (Å²) in [7, 11) is -2.35. The van der Waals surface area contributed by atoms with Gasteiger partial charge >= 0.3 is 0 Å². The van der Waals surface area contributed by atoms with Crippen molar-refractivity contribution in [1.29, 1.82) is 0 Å². The molecule has 0 heterocycles. The molecule has 3 N–H and O–H groups in total. The molecule has 14 heavy (non-hydrogen) atoms. The van der Waals surface area contributed by atoms with E-state index >= 15 is 0 Å². The van der Waals surface area contributed by atoms with E-state index < -0.39 is 8.03 Å².